The second kappa shape index (κ2) is 75.0. The van der Waals surface area contributed by atoms with Crippen molar-refractivity contribution >= 4 is 53.9 Å². The van der Waals surface area contributed by atoms with Crippen molar-refractivity contribution < 1.29 is 92.4 Å². The maximum absolute atomic E-state index is 14.5. The minimum Gasteiger partial charge on any atom is -0.480 e. The van der Waals surface area contributed by atoms with E-state index in [1.165, 1.54) is 236 Å². The molecule has 0 amide bonds. The molecule has 0 aliphatic heterocycles. The summed E-state index contributed by atoms with van der Waals surface area (Å²) >= 11 is 0. The minimum atomic E-state index is -1.41. The second-order valence-electron chi connectivity index (χ2n) is 30.7. The molecule has 22 heteroatoms. The van der Waals surface area contributed by atoms with E-state index in [0.29, 0.717) is 25.7 Å². The monoisotopic (exact) mass is 1520 g/mol. The summed E-state index contributed by atoms with van der Waals surface area (Å²) in [5.74, 6) is -8.90. The number of esters is 3. The van der Waals surface area contributed by atoms with Gasteiger partial charge in [0.2, 0.25) is 0 Å². The van der Waals surface area contributed by atoms with E-state index in [1.807, 2.05) is 0 Å². The van der Waals surface area contributed by atoms with Crippen molar-refractivity contribution in [2.24, 2.45) is 11.8 Å². The Bertz CT molecular complexity index is 2100. The Morgan fingerprint density at radius 1 is 0.290 bits per heavy atom. The Labute approximate surface area is 648 Å². The summed E-state index contributed by atoms with van der Waals surface area (Å²) < 4.78 is 29.0. The number of rotatable bonds is 83. The van der Waals surface area contributed by atoms with Crippen molar-refractivity contribution in [2.45, 2.75) is 399 Å². The van der Waals surface area contributed by atoms with Crippen molar-refractivity contribution in [3.05, 3.63) is 0 Å². The summed E-state index contributed by atoms with van der Waals surface area (Å²) in [6.07, 6.45) is 59.8. The van der Waals surface area contributed by atoms with Gasteiger partial charge in [0.1, 0.15) is 19.8 Å². The molecule has 0 bridgehead atoms. The normalized spacial score (nSPS) is 12.2. The van der Waals surface area contributed by atoms with Crippen LogP contribution in [0.25, 0.3) is 0 Å². The summed E-state index contributed by atoms with van der Waals surface area (Å²) in [5.41, 5.74) is 0. The van der Waals surface area contributed by atoms with Crippen molar-refractivity contribution in [1.82, 2.24) is 14.7 Å². The number of carbonyl (C=O) groups is 9. The molecule has 0 heterocycles. The van der Waals surface area contributed by atoms with Crippen LogP contribution in [0.4, 0.5) is 4.79 Å². The van der Waals surface area contributed by atoms with E-state index in [1.54, 1.807) is 0 Å². The second-order valence-corrected chi connectivity index (χ2v) is 30.7. The highest BCUT2D eigenvalue weighted by Crippen LogP contribution is 2.26. The Morgan fingerprint density at radius 2 is 0.579 bits per heavy atom. The van der Waals surface area contributed by atoms with Gasteiger partial charge in [-0.05, 0) is 44.9 Å². The van der Waals surface area contributed by atoms with Crippen molar-refractivity contribution in [1.29, 1.82) is 0 Å². The van der Waals surface area contributed by atoms with Gasteiger partial charge in [-0.15, -0.1) is 0 Å². The standard InChI is InChI=1S/C85H157N3O19/c1-5-9-13-17-21-25-29-33-37-41-45-50-56-73(57-51-46-42-38-34-30-26-22-18-14-10-6-2)83(100)105-71-76(107-84(101)74(58-52-47-43-39-35-31-27-23-19-15-11-7-3)59-53-48-44-40-36-32-28-24-20-16-12-8-4)72-106-85(102)103-63-55-49-54-60-82(99)104-70-75(88(68-80(95)96)69-81(97)98)64-86(65-77(89)90)61-62-87(66-78(91)92)67-79(93)94/h73-76H,5-72H2,1-4H3,(H,89,90)(H,91,92)(H,93,94)(H,95,96)(H,97,98). The van der Waals surface area contributed by atoms with Gasteiger partial charge >= 0.3 is 53.9 Å². The van der Waals surface area contributed by atoms with Crippen LogP contribution in [-0.2, 0) is 62.0 Å². The third-order valence-electron chi connectivity index (χ3n) is 20.5. The smallest absolute Gasteiger partial charge is 0.480 e. The zero-order valence-corrected chi connectivity index (χ0v) is 68.2. The molecule has 5 N–H and O–H groups in total. The molecule has 626 valence electrons. The Balaban J connectivity index is 6.37. The topological polar surface area (TPSA) is 311 Å². The number of carboxylic acid groups (broad SMARTS) is 5. The number of hydrogen-bond donors (Lipinski definition) is 5. The first kappa shape index (κ1) is 102. The third-order valence-corrected chi connectivity index (χ3v) is 20.5. The molecule has 0 saturated heterocycles. The van der Waals surface area contributed by atoms with Gasteiger partial charge in [-0.25, -0.2) is 4.79 Å². The predicted octanol–water partition coefficient (Wildman–Crippen LogP) is 20.0. The Kier molecular flexibility index (Phi) is 71.4. The maximum Gasteiger partial charge on any atom is 0.508 e. The van der Waals surface area contributed by atoms with Gasteiger partial charge in [-0.3, -0.25) is 53.1 Å². The van der Waals surface area contributed by atoms with Gasteiger partial charge < -0.3 is 49.2 Å². The zero-order valence-electron chi connectivity index (χ0n) is 68.2. The summed E-state index contributed by atoms with van der Waals surface area (Å²) in [5, 5.41) is 47.7. The molecule has 2 unspecified atom stereocenters. The molecule has 0 aliphatic carbocycles. The van der Waals surface area contributed by atoms with Crippen LogP contribution in [0, 0.1) is 11.8 Å². The van der Waals surface area contributed by atoms with E-state index in [-0.39, 0.29) is 69.5 Å². The lowest BCUT2D eigenvalue weighted by molar-refractivity contribution is -0.167. The van der Waals surface area contributed by atoms with Gasteiger partial charge in [0, 0.05) is 26.1 Å². The predicted molar refractivity (Wildman–Crippen MR) is 424 cm³/mol. The Hall–Kier alpha value is -5.09. The first-order chi connectivity index (χ1) is 51.8. The largest absolute Gasteiger partial charge is 0.508 e. The van der Waals surface area contributed by atoms with E-state index >= 15 is 0 Å². The molecule has 0 aromatic carbocycles. The molecule has 0 aromatic heterocycles. The van der Waals surface area contributed by atoms with Gasteiger partial charge in [-0.1, -0.05) is 336 Å². The fraction of sp³-hybridized carbons (Fsp3) is 0.894. The average molecular weight is 1530 g/mol. The van der Waals surface area contributed by atoms with E-state index in [2.05, 4.69) is 27.7 Å². The Morgan fingerprint density at radius 3 is 0.916 bits per heavy atom. The quantitative estimate of drug-likeness (QED) is 0.0215. The van der Waals surface area contributed by atoms with Crippen molar-refractivity contribution in [2.75, 3.05) is 78.8 Å². The molecule has 0 fully saturated rings. The molecule has 107 heavy (non-hydrogen) atoms. The molecule has 0 saturated carbocycles. The number of ether oxygens (including phenoxy) is 5. The van der Waals surface area contributed by atoms with Crippen LogP contribution < -0.4 is 0 Å². The molecule has 2 atom stereocenters. The number of carbonyl (C=O) groups excluding carboxylic acids is 4. The number of aliphatic carboxylic acids is 5. The van der Waals surface area contributed by atoms with E-state index < -0.39 is 100 Å². The lowest BCUT2D eigenvalue weighted by atomic mass is 9.94. The van der Waals surface area contributed by atoms with Crippen LogP contribution in [0.2, 0.25) is 0 Å². The van der Waals surface area contributed by atoms with Crippen LogP contribution in [0.5, 0.6) is 0 Å². The average Bonchev–Trinajstić information content (AvgIpc) is 0.881. The van der Waals surface area contributed by atoms with Gasteiger partial charge in [0.25, 0.3) is 0 Å². The van der Waals surface area contributed by atoms with Gasteiger partial charge in [0.15, 0.2) is 6.10 Å². The summed E-state index contributed by atoms with van der Waals surface area (Å²) in [4.78, 5) is 117. The highest BCUT2D eigenvalue weighted by atomic mass is 16.7. The van der Waals surface area contributed by atoms with Crippen molar-refractivity contribution in [3.63, 3.8) is 0 Å². The molecule has 0 aromatic rings. The minimum absolute atomic E-state index is 0.0927. The highest BCUT2D eigenvalue weighted by Gasteiger charge is 2.30. The summed E-state index contributed by atoms with van der Waals surface area (Å²) in [7, 11) is 0. The number of nitrogens with zero attached hydrogens (tertiary/aromatic N) is 3. The molecule has 0 aliphatic rings. The van der Waals surface area contributed by atoms with E-state index in [0.717, 1.165) is 99.7 Å². The lowest BCUT2D eigenvalue weighted by Crippen LogP contribution is -2.52. The first-order valence-electron chi connectivity index (χ1n) is 43.4. The van der Waals surface area contributed by atoms with Crippen LogP contribution in [0.15, 0.2) is 0 Å². The SMILES string of the molecule is CCCCCCCCCCCCCCC(CCCCCCCCCCCCCC)C(=O)OCC(COC(=O)OCCCCCC(=O)OCC(CN(CCN(CC(=O)O)CC(=O)O)CC(=O)O)N(CC(=O)O)CC(=O)O)OC(=O)C(CCCCCCCCCCCCCC)CCCCCCCCCCCCCC. The van der Waals surface area contributed by atoms with Crippen molar-refractivity contribution in [3.8, 4) is 0 Å². The van der Waals surface area contributed by atoms with Gasteiger partial charge in [0.05, 0.1) is 57.2 Å². The van der Waals surface area contributed by atoms with E-state index in [9.17, 15) is 68.7 Å². The molecule has 22 nitrogen and oxygen atoms in total. The van der Waals surface area contributed by atoms with Crippen LogP contribution in [-0.4, -0.2) is 185 Å². The lowest BCUT2D eigenvalue weighted by Gasteiger charge is -2.33. The van der Waals surface area contributed by atoms with Crippen LogP contribution in [0.3, 0.4) is 0 Å². The number of carboxylic acids is 5. The maximum atomic E-state index is 14.5. The summed E-state index contributed by atoms with van der Waals surface area (Å²) in [6.45, 7) is 3.22. The fourth-order valence-corrected chi connectivity index (χ4v) is 14.1. The first-order valence-corrected chi connectivity index (χ1v) is 43.4. The highest BCUT2D eigenvalue weighted by molar-refractivity contribution is 5.75. The fourth-order valence-electron chi connectivity index (χ4n) is 14.1. The van der Waals surface area contributed by atoms with Gasteiger partial charge in [-0.2, -0.15) is 0 Å². The summed E-state index contributed by atoms with van der Waals surface area (Å²) in [6, 6.07) is -1.18. The molecular weight excluding hydrogens is 1370 g/mol. The number of hydrogen-bond acceptors (Lipinski definition) is 17. The number of unbranched alkanes of at least 4 members (excludes halogenated alkanes) is 46. The van der Waals surface area contributed by atoms with E-state index in [4.69, 9.17) is 23.7 Å². The van der Waals surface area contributed by atoms with Crippen LogP contribution in [0.1, 0.15) is 387 Å². The molecule has 0 spiro atoms. The molecule has 0 radical (unpaired) electrons. The molecule has 0 rings (SSSR count). The third kappa shape index (κ3) is 68.7. The van der Waals surface area contributed by atoms with Crippen LogP contribution >= 0.6 is 0 Å². The molecular formula is C85H157N3O19. The zero-order chi connectivity index (χ0) is 78.9.